The summed E-state index contributed by atoms with van der Waals surface area (Å²) in [4.78, 5) is 5.17. The van der Waals surface area contributed by atoms with Gasteiger partial charge in [0.05, 0.1) is 27.8 Å². The van der Waals surface area contributed by atoms with Crippen LogP contribution in [0, 0.1) is 0 Å². The lowest BCUT2D eigenvalue weighted by molar-refractivity contribution is 1.08. The second-order valence-corrected chi connectivity index (χ2v) is 10.9. The van der Waals surface area contributed by atoms with E-state index in [0.29, 0.717) is 0 Å². The third-order valence-corrected chi connectivity index (χ3v) is 8.49. The Labute approximate surface area is 242 Å². The summed E-state index contributed by atoms with van der Waals surface area (Å²) in [6, 6.07) is 54.2. The summed E-state index contributed by atoms with van der Waals surface area (Å²) in [5.74, 6) is 0.917. The SMILES string of the molecule is c1ccc(-c2cccc(-n3c4ccccc4c4cc5c(cc43)c3ccccc3n5-c3ccc4ccccc4c3)n2)cc1. The average Bonchev–Trinajstić information content (AvgIpc) is 3.56. The lowest BCUT2D eigenvalue weighted by Crippen LogP contribution is -1.98. The van der Waals surface area contributed by atoms with E-state index in [0.717, 1.165) is 28.1 Å². The van der Waals surface area contributed by atoms with E-state index in [9.17, 15) is 0 Å². The Balaban J connectivity index is 1.37. The van der Waals surface area contributed by atoms with Crippen molar-refractivity contribution in [1.82, 2.24) is 14.1 Å². The Kier molecular flexibility index (Phi) is 4.90. The van der Waals surface area contributed by atoms with Gasteiger partial charge in [0.15, 0.2) is 0 Å². The number of fused-ring (bicyclic) bond motifs is 7. The first-order valence-corrected chi connectivity index (χ1v) is 14.3. The van der Waals surface area contributed by atoms with Crippen LogP contribution in [0.25, 0.3) is 77.1 Å². The Hall–Kier alpha value is -5.67. The van der Waals surface area contributed by atoms with Gasteiger partial charge in [-0.15, -0.1) is 0 Å². The van der Waals surface area contributed by atoms with Crippen LogP contribution >= 0.6 is 0 Å². The number of nitrogens with zero attached hydrogens (tertiary/aromatic N) is 3. The maximum atomic E-state index is 5.17. The molecule has 0 aliphatic heterocycles. The van der Waals surface area contributed by atoms with E-state index in [1.165, 1.54) is 49.0 Å². The van der Waals surface area contributed by atoms with Crippen LogP contribution < -0.4 is 0 Å². The fourth-order valence-electron chi connectivity index (χ4n) is 6.59. The third kappa shape index (κ3) is 3.37. The minimum absolute atomic E-state index is 0.917. The Bertz CT molecular complexity index is 2460. The van der Waals surface area contributed by atoms with Crippen molar-refractivity contribution < 1.29 is 0 Å². The van der Waals surface area contributed by atoms with E-state index in [2.05, 4.69) is 155 Å². The van der Waals surface area contributed by atoms with Crippen molar-refractivity contribution in [3.05, 3.63) is 152 Å². The number of hydrogen-bond donors (Lipinski definition) is 0. The first-order chi connectivity index (χ1) is 20.8. The van der Waals surface area contributed by atoms with Gasteiger partial charge in [0.2, 0.25) is 0 Å². The largest absolute Gasteiger partial charge is 0.309 e. The van der Waals surface area contributed by atoms with Gasteiger partial charge in [0, 0.05) is 32.8 Å². The van der Waals surface area contributed by atoms with Gasteiger partial charge in [-0.3, -0.25) is 4.57 Å². The summed E-state index contributed by atoms with van der Waals surface area (Å²) < 4.78 is 4.73. The molecule has 0 spiro atoms. The van der Waals surface area contributed by atoms with E-state index >= 15 is 0 Å². The van der Waals surface area contributed by atoms with Gasteiger partial charge in [0.25, 0.3) is 0 Å². The molecule has 3 heterocycles. The predicted molar refractivity (Wildman–Crippen MR) is 176 cm³/mol. The summed E-state index contributed by atoms with van der Waals surface area (Å²) >= 11 is 0. The highest BCUT2D eigenvalue weighted by atomic mass is 15.1. The van der Waals surface area contributed by atoms with Gasteiger partial charge in [0.1, 0.15) is 5.82 Å². The molecule has 9 aromatic rings. The number of aromatic nitrogens is 3. The summed E-state index contributed by atoms with van der Waals surface area (Å²) in [5, 5.41) is 7.40. The molecule has 0 amide bonds. The van der Waals surface area contributed by atoms with Gasteiger partial charge in [-0.2, -0.15) is 0 Å². The van der Waals surface area contributed by atoms with E-state index in [-0.39, 0.29) is 0 Å². The molecule has 0 fully saturated rings. The average molecular weight is 536 g/mol. The molecule has 0 N–H and O–H groups in total. The number of rotatable bonds is 3. The van der Waals surface area contributed by atoms with Crippen molar-refractivity contribution in [2.75, 3.05) is 0 Å². The van der Waals surface area contributed by atoms with E-state index < -0.39 is 0 Å². The molecule has 9 rings (SSSR count). The molecule has 0 bridgehead atoms. The van der Waals surface area contributed by atoms with E-state index in [1.54, 1.807) is 0 Å². The van der Waals surface area contributed by atoms with Crippen molar-refractivity contribution in [1.29, 1.82) is 0 Å². The zero-order valence-electron chi connectivity index (χ0n) is 22.8. The molecule has 196 valence electrons. The molecule has 42 heavy (non-hydrogen) atoms. The summed E-state index contributed by atoms with van der Waals surface area (Å²) in [6.45, 7) is 0. The maximum absolute atomic E-state index is 5.17. The molecule has 0 aliphatic rings. The fraction of sp³-hybridized carbons (Fsp3) is 0. The number of benzene rings is 6. The first kappa shape index (κ1) is 23.1. The molecule has 0 atom stereocenters. The molecule has 0 unspecified atom stereocenters. The summed E-state index contributed by atoms with van der Waals surface area (Å²) in [6.07, 6.45) is 0. The number of hydrogen-bond acceptors (Lipinski definition) is 1. The third-order valence-electron chi connectivity index (χ3n) is 8.49. The lowest BCUT2D eigenvalue weighted by atomic mass is 10.1. The van der Waals surface area contributed by atoms with Gasteiger partial charge in [-0.25, -0.2) is 4.98 Å². The molecule has 3 nitrogen and oxygen atoms in total. The van der Waals surface area contributed by atoms with Gasteiger partial charge in [-0.1, -0.05) is 103 Å². The van der Waals surface area contributed by atoms with E-state index in [4.69, 9.17) is 4.98 Å². The second-order valence-electron chi connectivity index (χ2n) is 10.9. The molecule has 0 saturated carbocycles. The summed E-state index contributed by atoms with van der Waals surface area (Å²) in [5.41, 5.74) is 7.96. The van der Waals surface area contributed by atoms with Crippen LogP contribution in [0.5, 0.6) is 0 Å². The minimum Gasteiger partial charge on any atom is -0.309 e. The normalized spacial score (nSPS) is 11.8. The van der Waals surface area contributed by atoms with Crippen molar-refractivity contribution in [3.63, 3.8) is 0 Å². The Morgan fingerprint density at radius 1 is 0.381 bits per heavy atom. The van der Waals surface area contributed by atoms with Crippen molar-refractivity contribution in [2.45, 2.75) is 0 Å². The quantitative estimate of drug-likeness (QED) is 0.221. The van der Waals surface area contributed by atoms with Gasteiger partial charge < -0.3 is 4.57 Å². The smallest absolute Gasteiger partial charge is 0.138 e. The first-order valence-electron chi connectivity index (χ1n) is 14.3. The zero-order valence-corrected chi connectivity index (χ0v) is 22.8. The highest BCUT2D eigenvalue weighted by Crippen LogP contribution is 2.39. The van der Waals surface area contributed by atoms with Crippen LogP contribution in [0.4, 0.5) is 0 Å². The van der Waals surface area contributed by atoms with Crippen LogP contribution in [0.2, 0.25) is 0 Å². The van der Waals surface area contributed by atoms with Crippen LogP contribution in [-0.2, 0) is 0 Å². The molecule has 3 aromatic heterocycles. The molecular formula is C39H25N3. The number of pyridine rings is 1. The monoisotopic (exact) mass is 535 g/mol. The Morgan fingerprint density at radius 3 is 1.76 bits per heavy atom. The molecule has 0 aliphatic carbocycles. The Morgan fingerprint density at radius 2 is 1.00 bits per heavy atom. The van der Waals surface area contributed by atoms with Crippen LogP contribution in [0.1, 0.15) is 0 Å². The lowest BCUT2D eigenvalue weighted by Gasteiger charge is -2.10. The van der Waals surface area contributed by atoms with Crippen LogP contribution in [0.15, 0.2) is 152 Å². The van der Waals surface area contributed by atoms with E-state index in [1.807, 2.05) is 6.07 Å². The maximum Gasteiger partial charge on any atom is 0.138 e. The molecule has 3 heteroatoms. The van der Waals surface area contributed by atoms with Crippen LogP contribution in [0.3, 0.4) is 0 Å². The van der Waals surface area contributed by atoms with Gasteiger partial charge in [-0.05, 0) is 59.3 Å². The van der Waals surface area contributed by atoms with Crippen molar-refractivity contribution in [3.8, 4) is 22.8 Å². The number of para-hydroxylation sites is 2. The summed E-state index contributed by atoms with van der Waals surface area (Å²) in [7, 11) is 0. The predicted octanol–water partition coefficient (Wildman–Crippen LogP) is 10.1. The standard InChI is InChI=1S/C39H25N3/c1-2-12-27(13-3-1)34-17-10-20-39(40-34)42-36-19-9-7-16-31(36)33-24-37-32(25-38(33)42)30-15-6-8-18-35(30)41(37)29-22-21-26-11-4-5-14-28(26)23-29/h1-25H. The topological polar surface area (TPSA) is 22.8 Å². The van der Waals surface area contributed by atoms with Crippen molar-refractivity contribution >= 4 is 54.4 Å². The minimum atomic E-state index is 0.917. The molecular weight excluding hydrogens is 510 g/mol. The highest BCUT2D eigenvalue weighted by Gasteiger charge is 2.19. The van der Waals surface area contributed by atoms with Gasteiger partial charge >= 0.3 is 0 Å². The molecule has 0 saturated heterocycles. The fourth-order valence-corrected chi connectivity index (χ4v) is 6.59. The molecule has 6 aromatic carbocycles. The highest BCUT2D eigenvalue weighted by molar-refractivity contribution is 6.19. The second kappa shape index (κ2) is 8.92. The van der Waals surface area contributed by atoms with Crippen molar-refractivity contribution in [2.24, 2.45) is 0 Å². The zero-order chi connectivity index (χ0) is 27.6. The molecule has 0 radical (unpaired) electrons. The van der Waals surface area contributed by atoms with Crippen LogP contribution in [-0.4, -0.2) is 14.1 Å².